The van der Waals surface area contributed by atoms with Gasteiger partial charge in [0.05, 0.1) is 28.5 Å². The van der Waals surface area contributed by atoms with E-state index in [0.717, 1.165) is 0 Å². The van der Waals surface area contributed by atoms with Gasteiger partial charge in [-0.15, -0.1) is 0 Å². The minimum Gasteiger partial charge on any atom is -0.365 e. The van der Waals surface area contributed by atoms with E-state index in [9.17, 15) is 14.3 Å². The van der Waals surface area contributed by atoms with Crippen molar-refractivity contribution in [1.82, 2.24) is 14.7 Å². The van der Waals surface area contributed by atoms with Crippen molar-refractivity contribution in [3.63, 3.8) is 0 Å². The number of amides is 1. The Balaban J connectivity index is 1.62. The highest BCUT2D eigenvalue weighted by atomic mass is 35.5. The molecule has 1 unspecified atom stereocenters. The first-order valence-electron chi connectivity index (χ1n) is 9.12. The molecule has 0 fully saturated rings. The standard InChI is InChI=1S/C20H18Cl2FN5O2/c21-12-4-5-15(14(22)9-12)25-20(30)27-6-7-28-16(10-27)17(19(24)29)18(26-28)11-2-1-3-13(23)8-11/h1-5,8-9,20,25,30H,6-7,10H2,(H2,24,29). The van der Waals surface area contributed by atoms with Gasteiger partial charge in [0, 0.05) is 23.7 Å². The van der Waals surface area contributed by atoms with Gasteiger partial charge < -0.3 is 16.2 Å². The molecular formula is C20H18Cl2FN5O2. The van der Waals surface area contributed by atoms with Crippen LogP contribution in [0, 0.1) is 5.82 Å². The van der Waals surface area contributed by atoms with Gasteiger partial charge in [0.25, 0.3) is 5.91 Å². The lowest BCUT2D eigenvalue weighted by atomic mass is 10.0. The van der Waals surface area contributed by atoms with E-state index in [4.69, 9.17) is 28.9 Å². The smallest absolute Gasteiger partial charge is 0.252 e. The van der Waals surface area contributed by atoms with Crippen molar-refractivity contribution in [2.45, 2.75) is 19.4 Å². The Bertz CT molecular complexity index is 1120. The number of nitrogens with zero attached hydrogens (tertiary/aromatic N) is 3. The molecule has 0 saturated heterocycles. The van der Waals surface area contributed by atoms with Crippen LogP contribution in [0.4, 0.5) is 10.1 Å². The molecule has 156 valence electrons. The number of halogens is 3. The van der Waals surface area contributed by atoms with Gasteiger partial charge in [0.1, 0.15) is 11.5 Å². The number of nitrogens with one attached hydrogen (secondary N) is 1. The number of hydrogen-bond acceptors (Lipinski definition) is 5. The van der Waals surface area contributed by atoms with E-state index in [2.05, 4.69) is 10.4 Å². The Hall–Kier alpha value is -2.65. The van der Waals surface area contributed by atoms with Crippen molar-refractivity contribution < 1.29 is 14.3 Å². The highest BCUT2D eigenvalue weighted by Crippen LogP contribution is 2.30. The number of fused-ring (bicyclic) bond motifs is 1. The van der Waals surface area contributed by atoms with E-state index < -0.39 is 18.1 Å². The van der Waals surface area contributed by atoms with Crippen LogP contribution in [0.5, 0.6) is 0 Å². The van der Waals surface area contributed by atoms with E-state index in [-0.39, 0.29) is 12.1 Å². The molecular weight excluding hydrogens is 432 g/mol. The van der Waals surface area contributed by atoms with Crippen molar-refractivity contribution in [2.24, 2.45) is 5.73 Å². The molecule has 1 aliphatic rings. The topological polar surface area (TPSA) is 96.4 Å². The average molecular weight is 450 g/mol. The third-order valence-corrected chi connectivity index (χ3v) is 5.46. The first kappa shape index (κ1) is 20.6. The first-order chi connectivity index (χ1) is 14.3. The van der Waals surface area contributed by atoms with Gasteiger partial charge in [-0.05, 0) is 30.3 Å². The number of primary amides is 1. The zero-order valence-electron chi connectivity index (χ0n) is 15.6. The Morgan fingerprint density at radius 1 is 1.23 bits per heavy atom. The van der Waals surface area contributed by atoms with Crippen molar-refractivity contribution in [3.8, 4) is 11.3 Å². The molecule has 2 aromatic carbocycles. The fourth-order valence-corrected chi connectivity index (χ4v) is 3.94. The summed E-state index contributed by atoms with van der Waals surface area (Å²) in [6.45, 7) is 1.08. The number of rotatable bonds is 5. The molecule has 0 radical (unpaired) electrons. The van der Waals surface area contributed by atoms with E-state index in [1.54, 1.807) is 39.9 Å². The predicted octanol–water partition coefficient (Wildman–Crippen LogP) is 3.30. The van der Waals surface area contributed by atoms with Gasteiger partial charge in [-0.2, -0.15) is 5.10 Å². The second-order valence-corrected chi connectivity index (χ2v) is 7.72. The van der Waals surface area contributed by atoms with E-state index in [1.807, 2.05) is 0 Å². The Labute approximate surface area is 181 Å². The summed E-state index contributed by atoms with van der Waals surface area (Å²) in [7, 11) is 0. The van der Waals surface area contributed by atoms with Gasteiger partial charge in [-0.3, -0.25) is 14.4 Å². The minimum absolute atomic E-state index is 0.208. The highest BCUT2D eigenvalue weighted by molar-refractivity contribution is 6.36. The maximum atomic E-state index is 13.7. The van der Waals surface area contributed by atoms with Crippen LogP contribution in [0.15, 0.2) is 42.5 Å². The zero-order chi connectivity index (χ0) is 21.4. The second-order valence-electron chi connectivity index (χ2n) is 6.88. The molecule has 0 bridgehead atoms. The highest BCUT2D eigenvalue weighted by Gasteiger charge is 2.30. The second kappa shape index (κ2) is 8.23. The van der Waals surface area contributed by atoms with Crippen molar-refractivity contribution >= 4 is 34.8 Å². The van der Waals surface area contributed by atoms with Gasteiger partial charge in [-0.1, -0.05) is 35.3 Å². The molecule has 1 aliphatic heterocycles. The molecule has 1 atom stereocenters. The molecule has 10 heteroatoms. The van der Waals surface area contributed by atoms with Crippen LogP contribution in [0.2, 0.25) is 10.0 Å². The lowest BCUT2D eigenvalue weighted by molar-refractivity contribution is 0.00611. The number of aliphatic hydroxyl groups is 1. The molecule has 30 heavy (non-hydrogen) atoms. The predicted molar refractivity (Wildman–Crippen MR) is 113 cm³/mol. The molecule has 7 nitrogen and oxygen atoms in total. The summed E-state index contributed by atoms with van der Waals surface area (Å²) in [5.74, 6) is -1.10. The molecule has 2 heterocycles. The third kappa shape index (κ3) is 3.99. The normalized spacial score (nSPS) is 14.9. The summed E-state index contributed by atoms with van der Waals surface area (Å²) in [6, 6.07) is 10.7. The number of nitrogens with two attached hydrogens (primary N) is 1. The summed E-state index contributed by atoms with van der Waals surface area (Å²) in [5, 5.41) is 18.9. The van der Waals surface area contributed by atoms with Crippen molar-refractivity contribution in [3.05, 3.63) is 69.6 Å². The SMILES string of the molecule is NC(=O)c1c(-c2cccc(F)c2)nn2c1CN(C(O)Nc1ccc(Cl)cc1Cl)CC2. The van der Waals surface area contributed by atoms with Crippen LogP contribution in [0.1, 0.15) is 16.1 Å². The van der Waals surface area contributed by atoms with E-state index >= 15 is 0 Å². The van der Waals surface area contributed by atoms with Crippen LogP contribution < -0.4 is 11.1 Å². The van der Waals surface area contributed by atoms with Crippen LogP contribution in [0.3, 0.4) is 0 Å². The van der Waals surface area contributed by atoms with E-state index in [1.165, 1.54) is 12.1 Å². The number of aromatic nitrogens is 2. The largest absolute Gasteiger partial charge is 0.365 e. The van der Waals surface area contributed by atoms with Crippen LogP contribution in [-0.4, -0.2) is 38.6 Å². The Morgan fingerprint density at radius 2 is 2.03 bits per heavy atom. The number of carbonyl (C=O) groups is 1. The maximum Gasteiger partial charge on any atom is 0.252 e. The maximum absolute atomic E-state index is 13.7. The minimum atomic E-state index is -1.08. The molecule has 0 aliphatic carbocycles. The summed E-state index contributed by atoms with van der Waals surface area (Å²) in [6.07, 6.45) is -1.08. The molecule has 1 aromatic heterocycles. The van der Waals surface area contributed by atoms with Crippen LogP contribution >= 0.6 is 23.2 Å². The summed E-state index contributed by atoms with van der Waals surface area (Å²) in [5.41, 5.74) is 7.69. The van der Waals surface area contributed by atoms with Gasteiger partial charge >= 0.3 is 0 Å². The van der Waals surface area contributed by atoms with Crippen molar-refractivity contribution in [2.75, 3.05) is 11.9 Å². The monoisotopic (exact) mass is 449 g/mol. The Morgan fingerprint density at radius 3 is 2.73 bits per heavy atom. The summed E-state index contributed by atoms with van der Waals surface area (Å²) in [4.78, 5) is 13.9. The molecule has 3 aromatic rings. The van der Waals surface area contributed by atoms with Gasteiger partial charge in [-0.25, -0.2) is 4.39 Å². The average Bonchev–Trinajstić information content (AvgIpc) is 3.09. The summed E-state index contributed by atoms with van der Waals surface area (Å²) >= 11 is 12.1. The summed E-state index contributed by atoms with van der Waals surface area (Å²) < 4.78 is 15.3. The van der Waals surface area contributed by atoms with E-state index in [0.29, 0.717) is 45.8 Å². The fraction of sp³-hybridized carbons (Fsp3) is 0.200. The number of hydrogen-bond donors (Lipinski definition) is 3. The molecule has 1 amide bonds. The number of carbonyl (C=O) groups excluding carboxylic acids is 1. The van der Waals surface area contributed by atoms with Gasteiger partial charge in [0.15, 0.2) is 6.35 Å². The Kier molecular flexibility index (Phi) is 5.66. The van der Waals surface area contributed by atoms with Crippen LogP contribution in [-0.2, 0) is 13.1 Å². The lowest BCUT2D eigenvalue weighted by Gasteiger charge is -2.32. The quantitative estimate of drug-likeness (QED) is 0.519. The number of benzene rings is 2. The molecule has 0 spiro atoms. The zero-order valence-corrected chi connectivity index (χ0v) is 17.2. The number of anilines is 1. The number of aliphatic hydroxyl groups excluding tert-OH is 1. The molecule has 4 N–H and O–H groups in total. The van der Waals surface area contributed by atoms with Crippen LogP contribution in [0.25, 0.3) is 11.3 Å². The fourth-order valence-electron chi connectivity index (χ4n) is 3.48. The molecule has 0 saturated carbocycles. The molecule has 4 rings (SSSR count). The third-order valence-electron chi connectivity index (χ3n) is 4.92. The van der Waals surface area contributed by atoms with Gasteiger partial charge in [0.2, 0.25) is 0 Å². The first-order valence-corrected chi connectivity index (χ1v) is 9.88. The van der Waals surface area contributed by atoms with Crippen molar-refractivity contribution in [1.29, 1.82) is 0 Å². The lowest BCUT2D eigenvalue weighted by Crippen LogP contribution is -2.45.